The summed E-state index contributed by atoms with van der Waals surface area (Å²) < 4.78 is 1.94. The molecule has 6 heavy (non-hydrogen) atoms. The van der Waals surface area contributed by atoms with Gasteiger partial charge in [0.2, 0.25) is 0 Å². The first-order chi connectivity index (χ1) is 2.89. The summed E-state index contributed by atoms with van der Waals surface area (Å²) in [7, 11) is 0. The SMILES string of the molecule is [V][n]1cccc1. The quantitative estimate of drug-likeness (QED) is 0.473. The van der Waals surface area contributed by atoms with Gasteiger partial charge < -0.3 is 0 Å². The van der Waals surface area contributed by atoms with E-state index in [1.807, 2.05) is 27.9 Å². The zero-order chi connectivity index (χ0) is 4.41. The molecule has 0 aromatic carbocycles. The van der Waals surface area contributed by atoms with Crippen LogP contribution in [0.5, 0.6) is 0 Å². The van der Waals surface area contributed by atoms with Gasteiger partial charge in [-0.05, 0) is 0 Å². The molecule has 0 aliphatic carbocycles. The Morgan fingerprint density at radius 3 is 1.83 bits per heavy atom. The molecular weight excluding hydrogens is 113 g/mol. The van der Waals surface area contributed by atoms with Gasteiger partial charge in [0.05, 0.1) is 0 Å². The molecule has 0 aliphatic rings. The van der Waals surface area contributed by atoms with Gasteiger partial charge in [0.15, 0.2) is 0 Å². The summed E-state index contributed by atoms with van der Waals surface area (Å²) in [6.07, 6.45) is 3.94. The molecule has 30 valence electrons. The Kier molecular flexibility index (Phi) is 1.04. The van der Waals surface area contributed by atoms with E-state index in [0.717, 1.165) is 0 Å². The molecule has 0 fully saturated rings. The van der Waals surface area contributed by atoms with Crippen molar-refractivity contribution < 1.29 is 17.7 Å². The van der Waals surface area contributed by atoms with Crippen LogP contribution in [-0.4, -0.2) is 3.42 Å². The maximum atomic E-state index is 2.40. The first kappa shape index (κ1) is 4.03. The van der Waals surface area contributed by atoms with E-state index in [9.17, 15) is 0 Å². The zero-order valence-electron chi connectivity index (χ0n) is 3.20. The topological polar surface area (TPSA) is 4.93 Å². The second-order valence-corrected chi connectivity index (χ2v) is 1.78. The molecule has 1 aromatic rings. The van der Waals surface area contributed by atoms with Gasteiger partial charge >= 0.3 is 45.6 Å². The van der Waals surface area contributed by atoms with Gasteiger partial charge in [-0.2, -0.15) is 0 Å². The summed E-state index contributed by atoms with van der Waals surface area (Å²) in [4.78, 5) is 0. The molecule has 0 aliphatic heterocycles. The van der Waals surface area contributed by atoms with Crippen LogP contribution in [0.15, 0.2) is 24.5 Å². The van der Waals surface area contributed by atoms with E-state index in [1.165, 1.54) is 0 Å². The Labute approximate surface area is 46.2 Å². The third-order valence-corrected chi connectivity index (χ3v) is 1.01. The Bertz CT molecular complexity index is 111. The van der Waals surface area contributed by atoms with Gasteiger partial charge in [-0.15, -0.1) is 0 Å². The number of nitrogens with zero attached hydrogens (tertiary/aromatic N) is 1. The summed E-state index contributed by atoms with van der Waals surface area (Å²) in [5, 5.41) is 0. The van der Waals surface area contributed by atoms with Crippen molar-refractivity contribution in [2.75, 3.05) is 0 Å². The van der Waals surface area contributed by atoms with E-state index in [4.69, 9.17) is 0 Å². The fraction of sp³-hybridized carbons (Fsp3) is 0. The van der Waals surface area contributed by atoms with Crippen LogP contribution in [0.25, 0.3) is 0 Å². The van der Waals surface area contributed by atoms with E-state index in [2.05, 4.69) is 17.7 Å². The second kappa shape index (κ2) is 1.54. The van der Waals surface area contributed by atoms with Crippen molar-refractivity contribution in [1.29, 1.82) is 0 Å². The first-order valence-electron chi connectivity index (χ1n) is 1.72. The van der Waals surface area contributed by atoms with E-state index in [1.54, 1.807) is 0 Å². The van der Waals surface area contributed by atoms with Crippen molar-refractivity contribution in [3.63, 3.8) is 0 Å². The van der Waals surface area contributed by atoms with E-state index < -0.39 is 0 Å². The van der Waals surface area contributed by atoms with Crippen LogP contribution in [-0.2, 0) is 17.7 Å². The summed E-state index contributed by atoms with van der Waals surface area (Å²) in [5.41, 5.74) is 0. The van der Waals surface area contributed by atoms with Gasteiger partial charge in [-0.25, -0.2) is 0 Å². The molecule has 0 atom stereocenters. The number of rotatable bonds is 0. The van der Waals surface area contributed by atoms with Crippen LogP contribution in [0, 0.1) is 0 Å². The molecule has 0 amide bonds. The normalized spacial score (nSPS) is 8.67. The van der Waals surface area contributed by atoms with Crippen molar-refractivity contribution in [2.45, 2.75) is 0 Å². The van der Waals surface area contributed by atoms with Gasteiger partial charge in [-0.3, -0.25) is 0 Å². The van der Waals surface area contributed by atoms with Crippen LogP contribution in [0.1, 0.15) is 0 Å². The molecule has 0 bridgehead atoms. The summed E-state index contributed by atoms with van der Waals surface area (Å²) in [6.45, 7) is 0. The fourth-order valence-electron chi connectivity index (χ4n) is 0.325. The van der Waals surface area contributed by atoms with Crippen molar-refractivity contribution >= 4 is 0 Å². The average Bonchev–Trinajstić information content (AvgIpc) is 1.86. The van der Waals surface area contributed by atoms with Gasteiger partial charge in [0.1, 0.15) is 0 Å². The Morgan fingerprint density at radius 2 is 1.67 bits per heavy atom. The van der Waals surface area contributed by atoms with Crippen molar-refractivity contribution in [3.05, 3.63) is 24.5 Å². The molecule has 1 aromatic heterocycles. The van der Waals surface area contributed by atoms with Crippen molar-refractivity contribution in [2.24, 2.45) is 0 Å². The molecule has 1 heterocycles. The fourth-order valence-corrected chi connectivity index (χ4v) is 0.566. The third kappa shape index (κ3) is 0.673. The predicted octanol–water partition coefficient (Wildman–Crippen LogP) is 0.798. The van der Waals surface area contributed by atoms with Crippen LogP contribution in [0.3, 0.4) is 0 Å². The molecule has 1 rings (SSSR count). The average molecular weight is 117 g/mol. The number of hydrogen-bond donors (Lipinski definition) is 0. The second-order valence-electron chi connectivity index (χ2n) is 1.06. The number of hydrogen-bond acceptors (Lipinski definition) is 0. The molecule has 0 saturated carbocycles. The summed E-state index contributed by atoms with van der Waals surface area (Å²) in [5.74, 6) is 0. The van der Waals surface area contributed by atoms with Crippen molar-refractivity contribution in [3.8, 4) is 0 Å². The van der Waals surface area contributed by atoms with Gasteiger partial charge in [0.25, 0.3) is 0 Å². The minimum atomic E-state index is 1.94. The predicted molar refractivity (Wildman–Crippen MR) is 19.8 cm³/mol. The Hall–Kier alpha value is -0.136. The molecule has 1 nitrogen and oxygen atoms in total. The number of aromatic nitrogens is 1. The Morgan fingerprint density at radius 1 is 1.17 bits per heavy atom. The third-order valence-electron chi connectivity index (χ3n) is 0.589. The first-order valence-corrected chi connectivity index (χ1v) is 2.34. The van der Waals surface area contributed by atoms with Gasteiger partial charge in [-0.1, -0.05) is 0 Å². The zero-order valence-corrected chi connectivity index (χ0v) is 4.60. The monoisotopic (exact) mass is 117 g/mol. The molecule has 0 N–H and O–H groups in total. The molecule has 2 heteroatoms. The van der Waals surface area contributed by atoms with Crippen LogP contribution in [0.2, 0.25) is 0 Å². The van der Waals surface area contributed by atoms with Crippen LogP contribution in [0.4, 0.5) is 0 Å². The molecule has 0 saturated heterocycles. The molecule has 0 unspecified atom stereocenters. The minimum absolute atomic E-state index is 1.94. The van der Waals surface area contributed by atoms with Gasteiger partial charge in [0, 0.05) is 0 Å². The molecule has 0 radical (unpaired) electrons. The van der Waals surface area contributed by atoms with E-state index >= 15 is 0 Å². The summed E-state index contributed by atoms with van der Waals surface area (Å²) >= 11 is 2.40. The van der Waals surface area contributed by atoms with E-state index in [-0.39, 0.29) is 0 Å². The van der Waals surface area contributed by atoms with Crippen LogP contribution >= 0.6 is 0 Å². The maximum absolute atomic E-state index is 2.40. The van der Waals surface area contributed by atoms with Crippen LogP contribution < -0.4 is 0 Å². The standard InChI is InChI=1S/C4H4N.V/c1-2-4-5-3-1;/h1-4H;/q-1;+1. The van der Waals surface area contributed by atoms with E-state index in [0.29, 0.717) is 0 Å². The molecule has 0 spiro atoms. The Balaban J connectivity index is 3.05. The van der Waals surface area contributed by atoms with Crippen molar-refractivity contribution in [1.82, 2.24) is 3.42 Å². The summed E-state index contributed by atoms with van der Waals surface area (Å²) in [6, 6.07) is 3.97. The molecular formula is C4H4NV.